The first kappa shape index (κ1) is 8.03. The summed E-state index contributed by atoms with van der Waals surface area (Å²) in [5, 5.41) is 0. The largest absolute Gasteiger partial charge is 0.295 e. The second-order valence-corrected chi connectivity index (χ2v) is 4.15. The summed E-state index contributed by atoms with van der Waals surface area (Å²) >= 11 is 0. The minimum absolute atomic E-state index is 0.315. The molecule has 0 radical (unpaired) electrons. The molecule has 1 fully saturated rings. The average Bonchev–Trinajstić information content (AvgIpc) is 2.41. The highest BCUT2D eigenvalue weighted by molar-refractivity contribution is 5.94. The predicted octanol–water partition coefficient (Wildman–Crippen LogP) is 2.86. The summed E-state index contributed by atoms with van der Waals surface area (Å²) in [6, 6.07) is 0. The highest BCUT2D eigenvalue weighted by Gasteiger charge is 2.40. The van der Waals surface area contributed by atoms with Crippen molar-refractivity contribution in [3.05, 3.63) is 11.6 Å². The molecule has 0 aromatic rings. The first-order valence-corrected chi connectivity index (χ1v) is 5.01. The van der Waals surface area contributed by atoms with E-state index >= 15 is 0 Å². The number of ketones is 1. The van der Waals surface area contributed by atoms with Crippen LogP contribution in [0.15, 0.2) is 11.6 Å². The zero-order valence-corrected chi connectivity index (χ0v) is 7.73. The Kier molecular flexibility index (Phi) is 1.82. The van der Waals surface area contributed by atoms with Gasteiger partial charge in [-0.3, -0.25) is 4.79 Å². The van der Waals surface area contributed by atoms with Crippen LogP contribution in [-0.4, -0.2) is 5.78 Å². The number of hydrogen-bond donors (Lipinski definition) is 0. The van der Waals surface area contributed by atoms with E-state index in [1.54, 1.807) is 0 Å². The average molecular weight is 164 g/mol. The molecule has 0 aromatic heterocycles. The molecule has 2 aliphatic rings. The third-order valence-corrected chi connectivity index (χ3v) is 3.56. The van der Waals surface area contributed by atoms with Crippen LogP contribution in [0.3, 0.4) is 0 Å². The maximum absolute atomic E-state index is 11.3. The molecule has 1 heteroatoms. The lowest BCUT2D eigenvalue weighted by Crippen LogP contribution is -2.23. The fraction of sp³-hybridized carbons (Fsp3) is 0.727. The normalized spacial score (nSPS) is 34.8. The molecule has 0 amide bonds. The Hall–Kier alpha value is -0.590. The standard InChI is InChI=1S/C11H16O/c1-2-11-6-4-3-5-9(11)7-10(12)8-11/h7H,2-6,8H2,1H3/t11-/m1/s1. The molecule has 0 aliphatic heterocycles. The van der Waals surface area contributed by atoms with Crippen LogP contribution in [-0.2, 0) is 4.79 Å². The number of carbonyl (C=O) groups excluding carboxylic acids is 1. The van der Waals surface area contributed by atoms with Crippen molar-refractivity contribution in [1.29, 1.82) is 0 Å². The number of carbonyl (C=O) groups is 1. The van der Waals surface area contributed by atoms with Crippen molar-refractivity contribution in [3.8, 4) is 0 Å². The molecule has 0 heterocycles. The van der Waals surface area contributed by atoms with Gasteiger partial charge >= 0.3 is 0 Å². The van der Waals surface area contributed by atoms with E-state index in [1.165, 1.54) is 31.3 Å². The van der Waals surface area contributed by atoms with Crippen LogP contribution in [0.5, 0.6) is 0 Å². The van der Waals surface area contributed by atoms with E-state index in [0.29, 0.717) is 11.2 Å². The molecule has 0 spiro atoms. The number of rotatable bonds is 1. The van der Waals surface area contributed by atoms with Crippen molar-refractivity contribution in [3.63, 3.8) is 0 Å². The van der Waals surface area contributed by atoms with Gasteiger partial charge in [0.1, 0.15) is 0 Å². The van der Waals surface area contributed by atoms with E-state index in [2.05, 4.69) is 6.92 Å². The number of allylic oxidation sites excluding steroid dienone is 2. The Labute approximate surface area is 73.8 Å². The van der Waals surface area contributed by atoms with Gasteiger partial charge in [0.25, 0.3) is 0 Å². The second kappa shape index (κ2) is 2.72. The summed E-state index contributed by atoms with van der Waals surface area (Å²) in [4.78, 5) is 11.3. The molecule has 0 aromatic carbocycles. The van der Waals surface area contributed by atoms with E-state index in [-0.39, 0.29) is 0 Å². The molecule has 2 rings (SSSR count). The highest BCUT2D eigenvalue weighted by Crippen LogP contribution is 2.49. The van der Waals surface area contributed by atoms with Crippen molar-refractivity contribution in [2.45, 2.75) is 45.4 Å². The number of hydrogen-bond acceptors (Lipinski definition) is 1. The Balaban J connectivity index is 2.29. The molecule has 1 saturated carbocycles. The van der Waals surface area contributed by atoms with E-state index < -0.39 is 0 Å². The van der Waals surface area contributed by atoms with Crippen molar-refractivity contribution < 1.29 is 4.79 Å². The van der Waals surface area contributed by atoms with E-state index in [1.807, 2.05) is 6.08 Å². The maximum atomic E-state index is 11.3. The second-order valence-electron chi connectivity index (χ2n) is 4.15. The molecule has 2 aliphatic carbocycles. The molecular formula is C11H16O. The van der Waals surface area contributed by atoms with Gasteiger partial charge in [0.15, 0.2) is 5.78 Å². The van der Waals surface area contributed by atoms with Crippen molar-refractivity contribution >= 4 is 5.78 Å². The monoisotopic (exact) mass is 164 g/mol. The minimum atomic E-state index is 0.315. The maximum Gasteiger partial charge on any atom is 0.156 e. The molecule has 12 heavy (non-hydrogen) atoms. The molecule has 0 N–H and O–H groups in total. The lowest BCUT2D eigenvalue weighted by atomic mass is 9.69. The van der Waals surface area contributed by atoms with Gasteiger partial charge in [-0.2, -0.15) is 0 Å². The van der Waals surface area contributed by atoms with Crippen molar-refractivity contribution in [1.82, 2.24) is 0 Å². The van der Waals surface area contributed by atoms with Crippen LogP contribution < -0.4 is 0 Å². The van der Waals surface area contributed by atoms with Gasteiger partial charge < -0.3 is 0 Å². The first-order valence-electron chi connectivity index (χ1n) is 5.01. The fourth-order valence-corrected chi connectivity index (χ4v) is 2.74. The van der Waals surface area contributed by atoms with Gasteiger partial charge in [-0.1, -0.05) is 18.9 Å². The fourth-order valence-electron chi connectivity index (χ4n) is 2.74. The van der Waals surface area contributed by atoms with Crippen LogP contribution in [0.4, 0.5) is 0 Å². The summed E-state index contributed by atoms with van der Waals surface area (Å²) in [7, 11) is 0. The first-order chi connectivity index (χ1) is 5.77. The van der Waals surface area contributed by atoms with Crippen LogP contribution >= 0.6 is 0 Å². The smallest absolute Gasteiger partial charge is 0.156 e. The molecule has 1 atom stereocenters. The SMILES string of the molecule is CC[C@]12CCCCC1=CC(=O)C2. The summed E-state index contributed by atoms with van der Waals surface area (Å²) in [5.74, 6) is 0.369. The van der Waals surface area contributed by atoms with Gasteiger partial charge in [0, 0.05) is 6.42 Å². The summed E-state index contributed by atoms with van der Waals surface area (Å²) in [5.41, 5.74) is 1.77. The Bertz CT molecular complexity index is 239. The highest BCUT2D eigenvalue weighted by atomic mass is 16.1. The Morgan fingerprint density at radius 2 is 2.33 bits per heavy atom. The lowest BCUT2D eigenvalue weighted by molar-refractivity contribution is -0.115. The van der Waals surface area contributed by atoms with E-state index in [4.69, 9.17) is 0 Å². The van der Waals surface area contributed by atoms with Gasteiger partial charge in [-0.05, 0) is 37.2 Å². The van der Waals surface area contributed by atoms with Crippen LogP contribution in [0.25, 0.3) is 0 Å². The molecule has 0 saturated heterocycles. The van der Waals surface area contributed by atoms with Crippen molar-refractivity contribution in [2.24, 2.45) is 5.41 Å². The Morgan fingerprint density at radius 3 is 3.00 bits per heavy atom. The zero-order valence-electron chi connectivity index (χ0n) is 7.73. The third kappa shape index (κ3) is 1.03. The van der Waals surface area contributed by atoms with Crippen LogP contribution in [0.1, 0.15) is 45.4 Å². The van der Waals surface area contributed by atoms with Crippen molar-refractivity contribution in [2.75, 3.05) is 0 Å². The molecule has 0 unspecified atom stereocenters. The lowest BCUT2D eigenvalue weighted by Gasteiger charge is -2.34. The predicted molar refractivity (Wildman–Crippen MR) is 48.9 cm³/mol. The van der Waals surface area contributed by atoms with Gasteiger partial charge in [0.05, 0.1) is 0 Å². The Morgan fingerprint density at radius 1 is 1.50 bits per heavy atom. The molecule has 1 nitrogen and oxygen atoms in total. The van der Waals surface area contributed by atoms with E-state index in [0.717, 1.165) is 12.8 Å². The van der Waals surface area contributed by atoms with Gasteiger partial charge in [-0.15, -0.1) is 0 Å². The summed E-state index contributed by atoms with van der Waals surface area (Å²) in [6.07, 6.45) is 8.92. The molecule has 0 bridgehead atoms. The van der Waals surface area contributed by atoms with Crippen LogP contribution in [0.2, 0.25) is 0 Å². The topological polar surface area (TPSA) is 17.1 Å². The summed E-state index contributed by atoms with van der Waals surface area (Å²) < 4.78 is 0. The summed E-state index contributed by atoms with van der Waals surface area (Å²) in [6.45, 7) is 2.22. The molecular weight excluding hydrogens is 148 g/mol. The van der Waals surface area contributed by atoms with Gasteiger partial charge in [0.2, 0.25) is 0 Å². The zero-order chi connectivity index (χ0) is 8.60. The molecule has 66 valence electrons. The number of fused-ring (bicyclic) bond motifs is 1. The van der Waals surface area contributed by atoms with Gasteiger partial charge in [-0.25, -0.2) is 0 Å². The van der Waals surface area contributed by atoms with E-state index in [9.17, 15) is 4.79 Å². The quantitative estimate of drug-likeness (QED) is 0.582. The third-order valence-electron chi connectivity index (χ3n) is 3.56. The minimum Gasteiger partial charge on any atom is -0.295 e. The van der Waals surface area contributed by atoms with Crippen LogP contribution in [0, 0.1) is 5.41 Å².